The van der Waals surface area contributed by atoms with Crippen LogP contribution in [-0.4, -0.2) is 24.5 Å². The molecule has 0 spiro atoms. The first-order chi connectivity index (χ1) is 13.6. The van der Waals surface area contributed by atoms with Crippen molar-refractivity contribution in [2.45, 2.75) is 12.8 Å². The van der Waals surface area contributed by atoms with Gasteiger partial charge in [-0.3, -0.25) is 9.78 Å². The van der Waals surface area contributed by atoms with Gasteiger partial charge < -0.3 is 10.1 Å². The molecule has 0 aliphatic rings. The number of carbonyl (C=O) groups is 1. The number of benzene rings is 2. The Balaban J connectivity index is 1.66. The van der Waals surface area contributed by atoms with E-state index in [1.54, 1.807) is 13.3 Å². The van der Waals surface area contributed by atoms with Crippen LogP contribution in [0, 0.1) is 9.39 Å². The molecule has 1 aromatic heterocycles. The smallest absolute Gasteiger partial charge is 0.251 e. The number of nitrogens with zero attached hydrogens (tertiary/aromatic N) is 1. The van der Waals surface area contributed by atoms with E-state index in [9.17, 15) is 9.18 Å². The number of halogens is 2. The predicted octanol–water partition coefficient (Wildman–Crippen LogP) is 4.86. The summed E-state index contributed by atoms with van der Waals surface area (Å²) < 4.78 is 19.5. The van der Waals surface area contributed by atoms with Gasteiger partial charge in [0, 0.05) is 18.3 Å². The van der Waals surface area contributed by atoms with Gasteiger partial charge in [0.25, 0.3) is 5.91 Å². The molecule has 2 aromatic carbocycles. The van der Waals surface area contributed by atoms with Crippen molar-refractivity contribution in [1.29, 1.82) is 0 Å². The molecular formula is C22H20FIN2O2. The fourth-order valence-electron chi connectivity index (χ4n) is 2.95. The van der Waals surface area contributed by atoms with Gasteiger partial charge in [0.05, 0.1) is 16.9 Å². The standard InChI is InChI=1S/C22H20FIN2O2/c1-28-21-9-8-16(12-20(21)24)18-6-2-3-7-19(18)22(27)26-10-4-5-15-11-17(23)14-25-13-15/h2-3,6-9,11-14H,4-5,10H2,1H3,(H,26,27). The number of rotatable bonds is 7. The SMILES string of the molecule is COc1ccc(-c2ccccc2C(=O)NCCCc2cncc(F)c2)cc1I. The molecule has 28 heavy (non-hydrogen) atoms. The largest absolute Gasteiger partial charge is 0.496 e. The lowest BCUT2D eigenvalue weighted by atomic mass is 9.99. The zero-order chi connectivity index (χ0) is 19.9. The molecule has 0 atom stereocenters. The highest BCUT2D eigenvalue weighted by molar-refractivity contribution is 14.1. The maximum atomic E-state index is 13.2. The highest BCUT2D eigenvalue weighted by Crippen LogP contribution is 2.29. The maximum Gasteiger partial charge on any atom is 0.251 e. The van der Waals surface area contributed by atoms with E-state index in [2.05, 4.69) is 32.9 Å². The van der Waals surface area contributed by atoms with E-state index >= 15 is 0 Å². The number of pyridine rings is 1. The minimum atomic E-state index is -0.343. The number of ether oxygens (including phenoxy) is 1. The van der Waals surface area contributed by atoms with Crippen LogP contribution in [-0.2, 0) is 6.42 Å². The van der Waals surface area contributed by atoms with Crippen LogP contribution in [0.1, 0.15) is 22.3 Å². The Morgan fingerprint density at radius 1 is 1.18 bits per heavy atom. The summed E-state index contributed by atoms with van der Waals surface area (Å²) in [6, 6.07) is 14.8. The average Bonchev–Trinajstić information content (AvgIpc) is 2.71. The average molecular weight is 490 g/mol. The van der Waals surface area contributed by atoms with Gasteiger partial charge in [-0.25, -0.2) is 4.39 Å². The van der Waals surface area contributed by atoms with Gasteiger partial charge in [0.2, 0.25) is 0 Å². The van der Waals surface area contributed by atoms with E-state index < -0.39 is 0 Å². The van der Waals surface area contributed by atoms with Gasteiger partial charge in [-0.05, 0) is 76.4 Å². The van der Waals surface area contributed by atoms with Crippen LogP contribution in [0.2, 0.25) is 0 Å². The first kappa shape index (κ1) is 20.3. The molecule has 3 rings (SSSR count). The van der Waals surface area contributed by atoms with E-state index in [1.165, 1.54) is 12.3 Å². The summed E-state index contributed by atoms with van der Waals surface area (Å²) >= 11 is 2.22. The molecule has 0 aliphatic carbocycles. The second-order valence-electron chi connectivity index (χ2n) is 6.27. The fraction of sp³-hybridized carbons (Fsp3) is 0.182. The summed E-state index contributed by atoms with van der Waals surface area (Å²) in [7, 11) is 1.64. The third-order valence-electron chi connectivity index (χ3n) is 4.32. The number of nitrogens with one attached hydrogen (secondary N) is 1. The van der Waals surface area contributed by atoms with Crippen LogP contribution in [0.4, 0.5) is 4.39 Å². The van der Waals surface area contributed by atoms with Crippen molar-refractivity contribution in [2.24, 2.45) is 0 Å². The molecule has 0 fully saturated rings. The Labute approximate surface area is 177 Å². The van der Waals surface area contributed by atoms with Crippen molar-refractivity contribution < 1.29 is 13.9 Å². The Morgan fingerprint density at radius 3 is 2.75 bits per heavy atom. The number of carbonyl (C=O) groups excluding carboxylic acids is 1. The molecule has 0 saturated carbocycles. The molecule has 0 bridgehead atoms. The van der Waals surface area contributed by atoms with Gasteiger partial charge in [-0.1, -0.05) is 24.3 Å². The summed E-state index contributed by atoms with van der Waals surface area (Å²) in [5.74, 6) is 0.335. The number of hydrogen-bond donors (Lipinski definition) is 1. The minimum absolute atomic E-state index is 0.126. The third-order valence-corrected chi connectivity index (χ3v) is 5.17. The van der Waals surface area contributed by atoms with E-state index in [4.69, 9.17) is 4.74 Å². The van der Waals surface area contributed by atoms with Gasteiger partial charge in [-0.2, -0.15) is 0 Å². The Morgan fingerprint density at radius 2 is 2.00 bits per heavy atom. The van der Waals surface area contributed by atoms with Crippen molar-refractivity contribution in [3.63, 3.8) is 0 Å². The van der Waals surface area contributed by atoms with Crippen LogP contribution < -0.4 is 10.1 Å². The molecule has 1 amide bonds. The Hall–Kier alpha value is -2.48. The lowest BCUT2D eigenvalue weighted by molar-refractivity contribution is 0.0954. The van der Waals surface area contributed by atoms with Crippen molar-refractivity contribution in [3.8, 4) is 16.9 Å². The number of hydrogen-bond acceptors (Lipinski definition) is 3. The third kappa shape index (κ3) is 5.07. The van der Waals surface area contributed by atoms with Crippen molar-refractivity contribution in [1.82, 2.24) is 10.3 Å². The lowest BCUT2D eigenvalue weighted by Gasteiger charge is -2.12. The van der Waals surface area contributed by atoms with Gasteiger partial charge >= 0.3 is 0 Å². The molecule has 3 aromatic rings. The Bertz CT molecular complexity index is 978. The number of aryl methyl sites for hydroxylation is 1. The van der Waals surface area contributed by atoms with Crippen molar-refractivity contribution in [2.75, 3.05) is 13.7 Å². The second-order valence-corrected chi connectivity index (χ2v) is 7.43. The second kappa shape index (κ2) is 9.64. The molecule has 0 unspecified atom stereocenters. The first-order valence-electron chi connectivity index (χ1n) is 8.89. The van der Waals surface area contributed by atoms with Gasteiger partial charge in [0.1, 0.15) is 11.6 Å². The normalized spacial score (nSPS) is 10.5. The molecular weight excluding hydrogens is 470 g/mol. The molecule has 0 saturated heterocycles. The lowest BCUT2D eigenvalue weighted by Crippen LogP contribution is -2.25. The monoisotopic (exact) mass is 490 g/mol. The van der Waals surface area contributed by atoms with Crippen LogP contribution >= 0.6 is 22.6 Å². The van der Waals surface area contributed by atoms with E-state index in [0.29, 0.717) is 24.9 Å². The highest BCUT2D eigenvalue weighted by Gasteiger charge is 2.13. The number of methoxy groups -OCH3 is 1. The van der Waals surface area contributed by atoms with Crippen LogP contribution in [0.15, 0.2) is 60.9 Å². The summed E-state index contributed by atoms with van der Waals surface area (Å²) in [6.45, 7) is 0.504. The van der Waals surface area contributed by atoms with Crippen LogP contribution in [0.25, 0.3) is 11.1 Å². The molecule has 1 heterocycles. The quantitative estimate of drug-likeness (QED) is 0.380. The molecule has 6 heteroatoms. The van der Waals surface area contributed by atoms with Crippen LogP contribution in [0.5, 0.6) is 5.75 Å². The van der Waals surface area contributed by atoms with E-state index in [-0.39, 0.29) is 11.7 Å². The first-order valence-corrected chi connectivity index (χ1v) is 9.97. The molecule has 4 nitrogen and oxygen atoms in total. The zero-order valence-corrected chi connectivity index (χ0v) is 17.6. The van der Waals surface area contributed by atoms with Crippen LogP contribution in [0.3, 0.4) is 0 Å². The summed E-state index contributed by atoms with van der Waals surface area (Å²) in [6.07, 6.45) is 4.19. The summed E-state index contributed by atoms with van der Waals surface area (Å²) in [5, 5.41) is 2.95. The maximum absolute atomic E-state index is 13.2. The highest BCUT2D eigenvalue weighted by atomic mass is 127. The zero-order valence-electron chi connectivity index (χ0n) is 15.4. The molecule has 144 valence electrons. The molecule has 0 aliphatic heterocycles. The summed E-state index contributed by atoms with van der Waals surface area (Å²) in [5.41, 5.74) is 3.27. The summed E-state index contributed by atoms with van der Waals surface area (Å²) in [4.78, 5) is 16.5. The Kier molecular flexibility index (Phi) is 6.97. The van der Waals surface area contributed by atoms with E-state index in [1.807, 2.05) is 42.5 Å². The van der Waals surface area contributed by atoms with Crippen molar-refractivity contribution in [3.05, 3.63) is 81.4 Å². The topological polar surface area (TPSA) is 51.2 Å². The minimum Gasteiger partial charge on any atom is -0.496 e. The van der Waals surface area contributed by atoms with E-state index in [0.717, 1.165) is 26.0 Å². The molecule has 1 N–H and O–H groups in total. The fourth-order valence-corrected chi connectivity index (χ4v) is 3.68. The number of aromatic nitrogens is 1. The number of amides is 1. The van der Waals surface area contributed by atoms with Gasteiger partial charge in [-0.15, -0.1) is 0 Å². The molecule has 0 radical (unpaired) electrons. The predicted molar refractivity (Wildman–Crippen MR) is 116 cm³/mol. The van der Waals surface area contributed by atoms with Crippen molar-refractivity contribution >= 4 is 28.5 Å². The van der Waals surface area contributed by atoms with Gasteiger partial charge in [0.15, 0.2) is 0 Å².